The van der Waals surface area contributed by atoms with Crippen molar-refractivity contribution in [3.05, 3.63) is 34.4 Å². The molecular formula is C16H26NO5P. The molecule has 0 saturated carbocycles. The molecule has 6 nitrogen and oxygen atoms in total. The van der Waals surface area contributed by atoms with Crippen molar-refractivity contribution in [2.45, 2.75) is 52.4 Å². The lowest BCUT2D eigenvalue weighted by Crippen LogP contribution is -2.04. The molecule has 23 heavy (non-hydrogen) atoms. The second-order valence-electron chi connectivity index (χ2n) is 5.42. The third-order valence-electron chi connectivity index (χ3n) is 3.36. The summed E-state index contributed by atoms with van der Waals surface area (Å²) < 4.78 is 24.0. The summed E-state index contributed by atoms with van der Waals surface area (Å²) >= 11 is 0. The number of rotatable bonds is 12. The van der Waals surface area contributed by atoms with Crippen molar-refractivity contribution in [1.82, 2.24) is 0 Å². The standard InChI is InChI=1S/C16H26NO5P/c1-3-5-7-8-14-23(20,21-13-6-4-2)22-16-11-9-15(10-12-16)17(18)19/h9-12H,3-8,13-14H2,1-2H3/t23-/m0/s1. The van der Waals surface area contributed by atoms with Crippen LogP contribution in [0.1, 0.15) is 52.4 Å². The maximum Gasteiger partial charge on any atom is 0.379 e. The molecule has 7 heteroatoms. The number of nitro benzene ring substituents is 1. The average molecular weight is 343 g/mol. The smallest absolute Gasteiger partial charge is 0.379 e. The first kappa shape index (κ1) is 19.7. The third-order valence-corrected chi connectivity index (χ3v) is 5.29. The summed E-state index contributed by atoms with van der Waals surface area (Å²) in [5.41, 5.74) is -0.0259. The van der Waals surface area contributed by atoms with Crippen molar-refractivity contribution in [3.63, 3.8) is 0 Å². The largest absolute Gasteiger partial charge is 0.424 e. The summed E-state index contributed by atoms with van der Waals surface area (Å²) in [7, 11) is -3.22. The summed E-state index contributed by atoms with van der Waals surface area (Å²) in [5, 5.41) is 10.7. The highest BCUT2D eigenvalue weighted by Gasteiger charge is 2.25. The van der Waals surface area contributed by atoms with Crippen LogP contribution in [0.4, 0.5) is 5.69 Å². The van der Waals surface area contributed by atoms with E-state index in [-0.39, 0.29) is 5.69 Å². The van der Waals surface area contributed by atoms with Crippen LogP contribution in [0, 0.1) is 10.1 Å². The summed E-state index contributed by atoms with van der Waals surface area (Å²) in [6.07, 6.45) is 6.10. The number of nitro groups is 1. The second kappa shape index (κ2) is 10.4. The molecule has 1 atom stereocenters. The molecule has 1 aromatic carbocycles. The number of benzene rings is 1. The van der Waals surface area contributed by atoms with E-state index in [0.29, 0.717) is 18.5 Å². The summed E-state index contributed by atoms with van der Waals surface area (Å²) in [4.78, 5) is 10.2. The van der Waals surface area contributed by atoms with Gasteiger partial charge in [-0.2, -0.15) is 0 Å². The summed E-state index contributed by atoms with van der Waals surface area (Å²) in [6.45, 7) is 4.55. The lowest BCUT2D eigenvalue weighted by atomic mass is 10.2. The Balaban J connectivity index is 2.69. The van der Waals surface area contributed by atoms with Crippen LogP contribution >= 0.6 is 7.60 Å². The molecule has 0 radical (unpaired) electrons. The van der Waals surface area contributed by atoms with Crippen molar-refractivity contribution < 1.29 is 18.5 Å². The Morgan fingerprint density at radius 1 is 1.04 bits per heavy atom. The van der Waals surface area contributed by atoms with Crippen molar-refractivity contribution in [2.75, 3.05) is 12.8 Å². The predicted molar refractivity (Wildman–Crippen MR) is 91.2 cm³/mol. The number of hydrogen-bond acceptors (Lipinski definition) is 5. The van der Waals surface area contributed by atoms with Gasteiger partial charge in [0.1, 0.15) is 5.75 Å². The molecular weight excluding hydrogens is 317 g/mol. The molecule has 130 valence electrons. The molecule has 0 unspecified atom stereocenters. The maximum atomic E-state index is 12.9. The fourth-order valence-corrected chi connectivity index (χ4v) is 3.74. The fraction of sp³-hybridized carbons (Fsp3) is 0.625. The molecule has 0 aromatic heterocycles. The van der Waals surface area contributed by atoms with Gasteiger partial charge in [0.2, 0.25) is 0 Å². The van der Waals surface area contributed by atoms with Gasteiger partial charge in [0.25, 0.3) is 5.69 Å². The van der Waals surface area contributed by atoms with E-state index in [9.17, 15) is 14.7 Å². The van der Waals surface area contributed by atoms with E-state index in [0.717, 1.165) is 38.5 Å². The predicted octanol–water partition coefficient (Wildman–Crippen LogP) is 5.56. The van der Waals surface area contributed by atoms with E-state index in [1.54, 1.807) is 0 Å². The maximum absolute atomic E-state index is 12.9. The highest BCUT2D eigenvalue weighted by atomic mass is 31.2. The van der Waals surface area contributed by atoms with E-state index in [1.807, 2.05) is 6.92 Å². The second-order valence-corrected chi connectivity index (χ2v) is 7.53. The Hall–Kier alpha value is -1.39. The molecule has 0 fully saturated rings. The zero-order chi connectivity index (χ0) is 17.1. The van der Waals surface area contributed by atoms with Crippen LogP contribution in [0.3, 0.4) is 0 Å². The molecule has 0 N–H and O–H groups in total. The Labute approximate surface area is 137 Å². The Morgan fingerprint density at radius 3 is 2.26 bits per heavy atom. The van der Waals surface area contributed by atoms with Gasteiger partial charge in [-0.05, 0) is 25.0 Å². The van der Waals surface area contributed by atoms with Crippen LogP contribution < -0.4 is 4.52 Å². The zero-order valence-corrected chi connectivity index (χ0v) is 14.8. The molecule has 1 rings (SSSR count). The molecule has 0 aliphatic carbocycles. The third kappa shape index (κ3) is 7.62. The molecule has 0 aliphatic heterocycles. The molecule has 0 amide bonds. The van der Waals surface area contributed by atoms with E-state index in [4.69, 9.17) is 9.05 Å². The van der Waals surface area contributed by atoms with Gasteiger partial charge >= 0.3 is 7.60 Å². The first-order valence-electron chi connectivity index (χ1n) is 8.18. The molecule has 0 bridgehead atoms. The monoisotopic (exact) mass is 343 g/mol. The Morgan fingerprint density at radius 2 is 1.70 bits per heavy atom. The van der Waals surface area contributed by atoms with Gasteiger partial charge in [-0.25, -0.2) is 4.57 Å². The number of unbranched alkanes of at least 4 members (excludes halogenated alkanes) is 4. The van der Waals surface area contributed by atoms with E-state index < -0.39 is 12.5 Å². The summed E-state index contributed by atoms with van der Waals surface area (Å²) in [5.74, 6) is 0.339. The lowest BCUT2D eigenvalue weighted by Gasteiger charge is -2.19. The number of non-ortho nitro benzene ring substituents is 1. The topological polar surface area (TPSA) is 78.7 Å². The van der Waals surface area contributed by atoms with Crippen LogP contribution in [0.5, 0.6) is 5.75 Å². The SMILES string of the molecule is CCCCCC[P@](=O)(OCCCC)Oc1ccc([N+](=O)[O-])cc1. The minimum atomic E-state index is -3.22. The van der Waals surface area contributed by atoms with E-state index in [1.165, 1.54) is 24.3 Å². The highest BCUT2D eigenvalue weighted by Crippen LogP contribution is 2.49. The van der Waals surface area contributed by atoms with Crippen LogP contribution in [0.25, 0.3) is 0 Å². The van der Waals surface area contributed by atoms with Crippen molar-refractivity contribution in [3.8, 4) is 5.75 Å². The van der Waals surface area contributed by atoms with Crippen LogP contribution in [-0.2, 0) is 9.09 Å². The fourth-order valence-electron chi connectivity index (χ4n) is 2.01. The number of hydrogen-bond donors (Lipinski definition) is 0. The van der Waals surface area contributed by atoms with Gasteiger partial charge in [-0.1, -0.05) is 39.5 Å². The van der Waals surface area contributed by atoms with Gasteiger partial charge in [0.05, 0.1) is 17.7 Å². The van der Waals surface area contributed by atoms with Crippen LogP contribution in [0.15, 0.2) is 24.3 Å². The van der Waals surface area contributed by atoms with Crippen molar-refractivity contribution in [1.29, 1.82) is 0 Å². The van der Waals surface area contributed by atoms with E-state index in [2.05, 4.69) is 6.92 Å². The average Bonchev–Trinajstić information content (AvgIpc) is 2.52. The first-order valence-corrected chi connectivity index (χ1v) is 9.91. The molecule has 0 aliphatic rings. The Kier molecular flexibility index (Phi) is 8.89. The van der Waals surface area contributed by atoms with Gasteiger partial charge in [0.15, 0.2) is 0 Å². The number of nitrogens with zero attached hydrogens (tertiary/aromatic N) is 1. The van der Waals surface area contributed by atoms with Gasteiger partial charge < -0.3 is 4.52 Å². The molecule has 1 aromatic rings. The van der Waals surface area contributed by atoms with Gasteiger partial charge in [0, 0.05) is 12.1 Å². The zero-order valence-electron chi connectivity index (χ0n) is 13.9. The van der Waals surface area contributed by atoms with Crippen LogP contribution in [-0.4, -0.2) is 17.7 Å². The van der Waals surface area contributed by atoms with Crippen LogP contribution in [0.2, 0.25) is 0 Å². The van der Waals surface area contributed by atoms with E-state index >= 15 is 0 Å². The van der Waals surface area contributed by atoms with Crippen molar-refractivity contribution >= 4 is 13.3 Å². The minimum Gasteiger partial charge on any atom is -0.424 e. The lowest BCUT2D eigenvalue weighted by molar-refractivity contribution is -0.384. The summed E-state index contributed by atoms with van der Waals surface area (Å²) in [6, 6.07) is 5.59. The minimum absolute atomic E-state index is 0.0259. The quantitative estimate of drug-likeness (QED) is 0.215. The van der Waals surface area contributed by atoms with Gasteiger partial charge in [-0.3, -0.25) is 14.6 Å². The normalized spacial score (nSPS) is 13.5. The van der Waals surface area contributed by atoms with Crippen molar-refractivity contribution in [2.24, 2.45) is 0 Å². The highest BCUT2D eigenvalue weighted by molar-refractivity contribution is 7.54. The molecule has 0 saturated heterocycles. The van der Waals surface area contributed by atoms with Gasteiger partial charge in [-0.15, -0.1) is 0 Å². The Bertz CT molecular complexity index is 518. The first-order chi connectivity index (χ1) is 11.0. The molecule has 0 spiro atoms. The molecule has 0 heterocycles.